The topological polar surface area (TPSA) is 91.3 Å². The number of carbonyl (C=O) groups excluding carboxylic acids is 1. The minimum Gasteiger partial charge on any atom is -0.481 e. The Hall–Kier alpha value is -2.11. The van der Waals surface area contributed by atoms with Crippen LogP contribution in [0.5, 0.6) is 0 Å². The minimum atomic E-state index is -0.728. The van der Waals surface area contributed by atoms with Crippen LogP contribution in [-0.2, 0) is 11.2 Å². The molecule has 0 radical (unpaired) electrons. The molecule has 0 aromatic carbocycles. The highest BCUT2D eigenvalue weighted by Crippen LogP contribution is 2.24. The normalized spacial score (nSPS) is 22.6. The van der Waals surface area contributed by atoms with E-state index in [9.17, 15) is 9.59 Å². The second kappa shape index (κ2) is 7.77. The van der Waals surface area contributed by atoms with Crippen molar-refractivity contribution in [3.05, 3.63) is 30.1 Å². The molecule has 1 aromatic heterocycles. The zero-order valence-electron chi connectivity index (χ0n) is 12.8. The van der Waals surface area contributed by atoms with Crippen LogP contribution in [0.25, 0.3) is 0 Å². The highest BCUT2D eigenvalue weighted by Gasteiger charge is 2.26. The van der Waals surface area contributed by atoms with Crippen molar-refractivity contribution in [1.82, 2.24) is 15.6 Å². The zero-order chi connectivity index (χ0) is 15.9. The third-order valence-corrected chi connectivity index (χ3v) is 4.08. The first-order valence-corrected chi connectivity index (χ1v) is 7.73. The van der Waals surface area contributed by atoms with Gasteiger partial charge in [-0.2, -0.15) is 0 Å². The van der Waals surface area contributed by atoms with Gasteiger partial charge in [0, 0.05) is 24.5 Å². The molecular formula is C16H23N3O3. The Labute approximate surface area is 130 Å². The maximum Gasteiger partial charge on any atom is 0.315 e. The molecular weight excluding hydrogens is 282 g/mol. The summed E-state index contributed by atoms with van der Waals surface area (Å²) in [4.78, 5) is 26.8. The Morgan fingerprint density at radius 2 is 1.91 bits per heavy atom. The van der Waals surface area contributed by atoms with Crippen LogP contribution in [0.15, 0.2) is 24.5 Å². The van der Waals surface area contributed by atoms with Gasteiger partial charge < -0.3 is 15.7 Å². The highest BCUT2D eigenvalue weighted by molar-refractivity contribution is 5.74. The molecule has 0 spiro atoms. The number of nitrogens with one attached hydrogen (secondary N) is 2. The van der Waals surface area contributed by atoms with E-state index >= 15 is 0 Å². The number of urea groups is 1. The second-order valence-electron chi connectivity index (χ2n) is 5.97. The van der Waals surface area contributed by atoms with Crippen molar-refractivity contribution < 1.29 is 14.7 Å². The van der Waals surface area contributed by atoms with E-state index in [-0.39, 0.29) is 24.0 Å². The number of rotatable bonds is 5. The molecule has 6 heteroatoms. The molecule has 2 amide bonds. The van der Waals surface area contributed by atoms with Crippen molar-refractivity contribution in [2.45, 2.75) is 51.1 Å². The van der Waals surface area contributed by atoms with Crippen LogP contribution in [0.3, 0.4) is 0 Å². The Balaban J connectivity index is 1.71. The fourth-order valence-corrected chi connectivity index (χ4v) is 2.86. The zero-order valence-corrected chi connectivity index (χ0v) is 12.8. The van der Waals surface area contributed by atoms with Gasteiger partial charge in [0.25, 0.3) is 0 Å². The lowest BCUT2D eigenvalue weighted by Gasteiger charge is -2.27. The van der Waals surface area contributed by atoms with E-state index in [0.717, 1.165) is 24.8 Å². The fraction of sp³-hybridized carbons (Fsp3) is 0.562. The van der Waals surface area contributed by atoms with Crippen LogP contribution in [0, 0.1) is 5.92 Å². The maximum absolute atomic E-state index is 12.0. The van der Waals surface area contributed by atoms with Crippen molar-refractivity contribution in [3.63, 3.8) is 0 Å². The van der Waals surface area contributed by atoms with Crippen LogP contribution < -0.4 is 10.6 Å². The van der Waals surface area contributed by atoms with E-state index in [0.29, 0.717) is 12.8 Å². The lowest BCUT2D eigenvalue weighted by molar-refractivity contribution is -0.142. The summed E-state index contributed by atoms with van der Waals surface area (Å²) in [7, 11) is 0. The second-order valence-corrected chi connectivity index (χ2v) is 5.97. The number of pyridine rings is 1. The van der Waals surface area contributed by atoms with E-state index in [2.05, 4.69) is 15.6 Å². The van der Waals surface area contributed by atoms with Crippen molar-refractivity contribution >= 4 is 12.0 Å². The minimum absolute atomic E-state index is 0.0257. The SMILES string of the molecule is CC(Cc1ccncc1)NC(=O)NC1CCC(C(=O)O)CC1. The van der Waals surface area contributed by atoms with E-state index < -0.39 is 5.97 Å². The van der Waals surface area contributed by atoms with Crippen molar-refractivity contribution in [2.75, 3.05) is 0 Å². The van der Waals surface area contributed by atoms with Gasteiger partial charge >= 0.3 is 12.0 Å². The number of hydrogen-bond donors (Lipinski definition) is 3. The van der Waals surface area contributed by atoms with Crippen LogP contribution in [0.1, 0.15) is 38.2 Å². The largest absolute Gasteiger partial charge is 0.481 e. The molecule has 0 bridgehead atoms. The van der Waals surface area contributed by atoms with E-state index in [4.69, 9.17) is 5.11 Å². The summed E-state index contributed by atoms with van der Waals surface area (Å²) in [6, 6.07) is 3.79. The number of hydrogen-bond acceptors (Lipinski definition) is 3. The van der Waals surface area contributed by atoms with Gasteiger partial charge in [-0.1, -0.05) is 0 Å². The predicted molar refractivity (Wildman–Crippen MR) is 82.5 cm³/mol. The number of carbonyl (C=O) groups is 2. The summed E-state index contributed by atoms with van der Waals surface area (Å²) < 4.78 is 0. The molecule has 120 valence electrons. The summed E-state index contributed by atoms with van der Waals surface area (Å²) in [6.45, 7) is 1.96. The van der Waals surface area contributed by atoms with E-state index in [1.165, 1.54) is 0 Å². The van der Waals surface area contributed by atoms with Gasteiger partial charge in [-0.15, -0.1) is 0 Å². The molecule has 0 aliphatic heterocycles. The van der Waals surface area contributed by atoms with Crippen LogP contribution >= 0.6 is 0 Å². The molecule has 1 aromatic rings. The highest BCUT2D eigenvalue weighted by atomic mass is 16.4. The number of aromatic nitrogens is 1. The summed E-state index contributed by atoms with van der Waals surface area (Å²) >= 11 is 0. The Kier molecular flexibility index (Phi) is 5.75. The van der Waals surface area contributed by atoms with Gasteiger partial charge in [0.15, 0.2) is 0 Å². The first kappa shape index (κ1) is 16.3. The van der Waals surface area contributed by atoms with Crippen molar-refractivity contribution in [1.29, 1.82) is 0 Å². The molecule has 3 N–H and O–H groups in total. The smallest absolute Gasteiger partial charge is 0.315 e. The Morgan fingerprint density at radius 1 is 1.27 bits per heavy atom. The summed E-state index contributed by atoms with van der Waals surface area (Å²) in [6.07, 6.45) is 6.94. The van der Waals surface area contributed by atoms with E-state index in [1.54, 1.807) is 12.4 Å². The average molecular weight is 305 g/mol. The third-order valence-electron chi connectivity index (χ3n) is 4.08. The van der Waals surface area contributed by atoms with Crippen molar-refractivity contribution in [3.8, 4) is 0 Å². The molecule has 0 saturated heterocycles. The molecule has 22 heavy (non-hydrogen) atoms. The van der Waals surface area contributed by atoms with Gasteiger partial charge in [-0.25, -0.2) is 4.79 Å². The average Bonchev–Trinajstić information content (AvgIpc) is 2.48. The molecule has 1 aliphatic carbocycles. The van der Waals surface area contributed by atoms with E-state index in [1.807, 2.05) is 19.1 Å². The Bertz CT molecular complexity index is 499. The quantitative estimate of drug-likeness (QED) is 0.775. The van der Waals surface area contributed by atoms with Gasteiger partial charge in [0.1, 0.15) is 0 Å². The molecule has 1 unspecified atom stereocenters. The number of nitrogens with zero attached hydrogens (tertiary/aromatic N) is 1. The first-order valence-electron chi connectivity index (χ1n) is 7.73. The number of carboxylic acids is 1. The van der Waals surface area contributed by atoms with Crippen LogP contribution in [0.2, 0.25) is 0 Å². The molecule has 1 aliphatic rings. The standard InChI is InChI=1S/C16H23N3O3/c1-11(10-12-6-8-17-9-7-12)18-16(22)19-14-4-2-13(3-5-14)15(20)21/h6-9,11,13-14H,2-5,10H2,1H3,(H,20,21)(H2,18,19,22). The number of carboxylic acid groups (broad SMARTS) is 1. The van der Waals surface area contributed by atoms with Gasteiger partial charge in [0.2, 0.25) is 0 Å². The molecule has 6 nitrogen and oxygen atoms in total. The molecule has 1 saturated carbocycles. The molecule has 1 heterocycles. The lowest BCUT2D eigenvalue weighted by Crippen LogP contribution is -2.47. The third kappa shape index (κ3) is 5.02. The Morgan fingerprint density at radius 3 is 2.50 bits per heavy atom. The van der Waals surface area contributed by atoms with Gasteiger partial charge in [-0.3, -0.25) is 9.78 Å². The molecule has 1 fully saturated rings. The molecule has 2 rings (SSSR count). The monoisotopic (exact) mass is 305 g/mol. The van der Waals surface area contributed by atoms with Gasteiger partial charge in [-0.05, 0) is 56.7 Å². The predicted octanol–water partition coefficient (Wildman–Crippen LogP) is 1.96. The molecule has 1 atom stereocenters. The summed E-state index contributed by atoms with van der Waals surface area (Å²) in [5.74, 6) is -0.986. The van der Waals surface area contributed by atoms with Crippen LogP contribution in [0.4, 0.5) is 4.79 Å². The number of aliphatic carboxylic acids is 1. The summed E-state index contributed by atoms with van der Waals surface area (Å²) in [5.41, 5.74) is 1.13. The first-order chi connectivity index (χ1) is 10.5. The summed E-state index contributed by atoms with van der Waals surface area (Å²) in [5, 5.41) is 14.8. The van der Waals surface area contributed by atoms with Gasteiger partial charge in [0.05, 0.1) is 5.92 Å². The number of amides is 2. The lowest BCUT2D eigenvalue weighted by atomic mass is 9.86. The van der Waals surface area contributed by atoms with Crippen molar-refractivity contribution in [2.24, 2.45) is 5.92 Å². The van der Waals surface area contributed by atoms with Crippen LogP contribution in [-0.4, -0.2) is 34.2 Å². The maximum atomic E-state index is 12.0. The fourth-order valence-electron chi connectivity index (χ4n) is 2.86.